The van der Waals surface area contributed by atoms with Crippen LogP contribution < -0.4 is 10.6 Å². The number of carbonyl (C=O) groups is 2. The molecule has 0 radical (unpaired) electrons. The number of aryl methyl sites for hydroxylation is 1. The van der Waals surface area contributed by atoms with E-state index in [1.165, 1.54) is 36.4 Å². The summed E-state index contributed by atoms with van der Waals surface area (Å²) in [7, 11) is 0. The lowest BCUT2D eigenvalue weighted by Gasteiger charge is -2.07. The van der Waals surface area contributed by atoms with E-state index < -0.39 is 11.7 Å². The van der Waals surface area contributed by atoms with Gasteiger partial charge in [-0.1, -0.05) is 41.7 Å². The number of nitrogens with one attached hydrogen (secondary N) is 2. The maximum Gasteiger partial charge on any atom is 0.260 e. The Morgan fingerprint density at radius 1 is 1.17 bits per heavy atom. The number of thiocarbonyl (C=S) groups is 1. The van der Waals surface area contributed by atoms with Gasteiger partial charge in [-0.3, -0.25) is 14.9 Å². The van der Waals surface area contributed by atoms with Crippen molar-refractivity contribution < 1.29 is 19.1 Å². The highest BCUT2D eigenvalue weighted by Crippen LogP contribution is 2.24. The highest BCUT2D eigenvalue weighted by Gasteiger charge is 2.16. The quantitative estimate of drug-likeness (QED) is 0.310. The maximum atomic E-state index is 13.7. The zero-order valence-corrected chi connectivity index (χ0v) is 17.3. The SMILES string of the molecule is Cc1nc(NC(=S)NC(=O)c2ccccc2F)sc1C(=O)/C=C/c1ccccc1O. The third kappa shape index (κ3) is 5.13. The van der Waals surface area contributed by atoms with Gasteiger partial charge in [0.2, 0.25) is 0 Å². The number of allylic oxidation sites excluding steroid dienone is 1. The molecule has 0 aliphatic rings. The molecule has 0 aliphatic heterocycles. The van der Waals surface area contributed by atoms with Crippen molar-refractivity contribution in [1.82, 2.24) is 10.3 Å². The molecule has 3 rings (SSSR count). The zero-order valence-electron chi connectivity index (χ0n) is 15.7. The number of carbonyl (C=O) groups excluding carboxylic acids is 2. The first kappa shape index (κ1) is 21.3. The van der Waals surface area contributed by atoms with E-state index in [2.05, 4.69) is 15.6 Å². The fourth-order valence-corrected chi connectivity index (χ4v) is 3.64. The monoisotopic (exact) mass is 441 g/mol. The number of thiazole rings is 1. The van der Waals surface area contributed by atoms with Crippen molar-refractivity contribution in [1.29, 1.82) is 0 Å². The second-order valence-electron chi connectivity index (χ2n) is 6.08. The number of aromatic nitrogens is 1. The Balaban J connectivity index is 1.66. The number of para-hydroxylation sites is 1. The van der Waals surface area contributed by atoms with Crippen LogP contribution in [-0.4, -0.2) is 26.9 Å². The fraction of sp³-hybridized carbons (Fsp3) is 0.0476. The van der Waals surface area contributed by atoms with Gasteiger partial charge in [-0.2, -0.15) is 0 Å². The second kappa shape index (κ2) is 9.38. The van der Waals surface area contributed by atoms with Crippen molar-refractivity contribution in [3.05, 3.63) is 82.1 Å². The van der Waals surface area contributed by atoms with E-state index in [-0.39, 0.29) is 22.2 Å². The first-order valence-electron chi connectivity index (χ1n) is 8.70. The third-order valence-electron chi connectivity index (χ3n) is 3.94. The molecule has 0 unspecified atom stereocenters. The molecule has 2 aromatic carbocycles. The van der Waals surface area contributed by atoms with Gasteiger partial charge in [-0.25, -0.2) is 9.37 Å². The molecule has 0 fully saturated rings. The predicted octanol–water partition coefficient (Wildman–Crippen LogP) is 4.32. The Hall–Kier alpha value is -3.43. The summed E-state index contributed by atoms with van der Waals surface area (Å²) in [5.74, 6) is -1.57. The largest absolute Gasteiger partial charge is 0.507 e. The Kier molecular flexibility index (Phi) is 6.65. The number of ketones is 1. The number of nitrogens with zero attached hydrogens (tertiary/aromatic N) is 1. The zero-order chi connectivity index (χ0) is 21.7. The molecule has 0 spiro atoms. The summed E-state index contributed by atoms with van der Waals surface area (Å²) in [6, 6.07) is 12.2. The summed E-state index contributed by atoms with van der Waals surface area (Å²) in [6.45, 7) is 1.67. The summed E-state index contributed by atoms with van der Waals surface area (Å²) in [5.41, 5.74) is 0.864. The molecule has 0 atom stereocenters. The molecule has 152 valence electrons. The van der Waals surface area contributed by atoms with Crippen LogP contribution >= 0.6 is 23.6 Å². The number of benzene rings is 2. The average Bonchev–Trinajstić information content (AvgIpc) is 3.07. The molecule has 3 aromatic rings. The molecule has 0 saturated carbocycles. The van der Waals surface area contributed by atoms with E-state index in [4.69, 9.17) is 12.2 Å². The van der Waals surface area contributed by atoms with Crippen LogP contribution in [0.3, 0.4) is 0 Å². The van der Waals surface area contributed by atoms with E-state index in [9.17, 15) is 19.1 Å². The number of hydrogen-bond donors (Lipinski definition) is 3. The van der Waals surface area contributed by atoms with Crippen LogP contribution in [0, 0.1) is 12.7 Å². The van der Waals surface area contributed by atoms with Crippen molar-refractivity contribution in [3.63, 3.8) is 0 Å². The lowest BCUT2D eigenvalue weighted by Crippen LogP contribution is -2.34. The number of hydrogen-bond acceptors (Lipinski definition) is 6. The topological polar surface area (TPSA) is 91.3 Å². The molecule has 1 aromatic heterocycles. The number of phenolic OH excluding ortho intramolecular Hbond substituents is 1. The maximum absolute atomic E-state index is 13.7. The number of aromatic hydroxyl groups is 1. The summed E-state index contributed by atoms with van der Waals surface area (Å²) in [4.78, 5) is 29.2. The molecule has 1 amide bonds. The van der Waals surface area contributed by atoms with Crippen LogP contribution in [0.4, 0.5) is 9.52 Å². The average molecular weight is 442 g/mol. The van der Waals surface area contributed by atoms with Gasteiger partial charge >= 0.3 is 0 Å². The summed E-state index contributed by atoms with van der Waals surface area (Å²) in [5, 5.41) is 15.1. The van der Waals surface area contributed by atoms with Crippen LogP contribution in [0.1, 0.15) is 31.3 Å². The first-order valence-corrected chi connectivity index (χ1v) is 9.92. The van der Waals surface area contributed by atoms with E-state index in [0.29, 0.717) is 21.3 Å². The molecular formula is C21H16FN3O3S2. The second-order valence-corrected chi connectivity index (χ2v) is 7.49. The summed E-state index contributed by atoms with van der Waals surface area (Å²) in [6.07, 6.45) is 2.86. The van der Waals surface area contributed by atoms with Gasteiger partial charge in [0.05, 0.1) is 16.1 Å². The molecular weight excluding hydrogens is 425 g/mol. The van der Waals surface area contributed by atoms with Crippen molar-refractivity contribution in [2.24, 2.45) is 0 Å². The molecule has 30 heavy (non-hydrogen) atoms. The van der Waals surface area contributed by atoms with Crippen LogP contribution in [0.5, 0.6) is 5.75 Å². The molecule has 0 bridgehead atoms. The number of amides is 1. The summed E-state index contributed by atoms with van der Waals surface area (Å²) >= 11 is 6.14. The minimum atomic E-state index is -0.694. The Morgan fingerprint density at radius 3 is 2.60 bits per heavy atom. The lowest BCUT2D eigenvalue weighted by molar-refractivity contribution is 0.0973. The fourth-order valence-electron chi connectivity index (χ4n) is 2.49. The van der Waals surface area contributed by atoms with Gasteiger partial charge in [-0.15, -0.1) is 0 Å². The van der Waals surface area contributed by atoms with E-state index >= 15 is 0 Å². The van der Waals surface area contributed by atoms with Crippen LogP contribution in [-0.2, 0) is 0 Å². The van der Waals surface area contributed by atoms with E-state index in [1.807, 2.05) is 0 Å². The molecule has 6 nitrogen and oxygen atoms in total. The van der Waals surface area contributed by atoms with Crippen LogP contribution in [0.25, 0.3) is 6.08 Å². The molecule has 3 N–H and O–H groups in total. The predicted molar refractivity (Wildman–Crippen MR) is 118 cm³/mol. The Labute approximate surface area is 181 Å². The Bertz CT molecular complexity index is 1160. The van der Waals surface area contributed by atoms with E-state index in [0.717, 1.165) is 11.3 Å². The Morgan fingerprint density at radius 2 is 1.87 bits per heavy atom. The van der Waals surface area contributed by atoms with Gasteiger partial charge in [0.25, 0.3) is 5.91 Å². The van der Waals surface area contributed by atoms with Gasteiger partial charge in [-0.05, 0) is 49.5 Å². The standard InChI is InChI=1S/C21H16FN3O3S2/c1-12-18(17(27)11-10-13-6-2-5-9-16(13)26)30-21(23-12)25-20(29)24-19(28)14-7-3-4-8-15(14)22/h2-11,26H,1H3,(H2,23,24,25,28,29)/b11-10+. The number of rotatable bonds is 5. The smallest absolute Gasteiger partial charge is 0.260 e. The van der Waals surface area contributed by atoms with Gasteiger partial charge in [0, 0.05) is 5.56 Å². The highest BCUT2D eigenvalue weighted by molar-refractivity contribution is 7.80. The third-order valence-corrected chi connectivity index (χ3v) is 5.23. The van der Waals surface area contributed by atoms with Crippen molar-refractivity contribution in [3.8, 4) is 5.75 Å². The van der Waals surface area contributed by atoms with Gasteiger partial charge in [0.15, 0.2) is 16.0 Å². The number of anilines is 1. The molecule has 0 saturated heterocycles. The van der Waals surface area contributed by atoms with Crippen molar-refractivity contribution in [2.45, 2.75) is 6.92 Å². The number of phenols is 1. The van der Waals surface area contributed by atoms with Crippen molar-refractivity contribution in [2.75, 3.05) is 5.32 Å². The minimum absolute atomic E-state index is 0.0687. The minimum Gasteiger partial charge on any atom is -0.507 e. The van der Waals surface area contributed by atoms with Gasteiger partial charge in [0.1, 0.15) is 11.6 Å². The molecule has 1 heterocycles. The molecule has 0 aliphatic carbocycles. The summed E-state index contributed by atoms with van der Waals surface area (Å²) < 4.78 is 13.7. The number of halogens is 1. The van der Waals surface area contributed by atoms with Crippen LogP contribution in [0.2, 0.25) is 0 Å². The lowest BCUT2D eigenvalue weighted by atomic mass is 10.1. The highest BCUT2D eigenvalue weighted by atomic mass is 32.1. The van der Waals surface area contributed by atoms with Crippen molar-refractivity contribution >= 4 is 51.6 Å². The first-order chi connectivity index (χ1) is 14.3. The van der Waals surface area contributed by atoms with Gasteiger partial charge < -0.3 is 10.4 Å². The normalized spacial score (nSPS) is 10.7. The van der Waals surface area contributed by atoms with E-state index in [1.54, 1.807) is 31.2 Å². The van der Waals surface area contributed by atoms with Crippen LogP contribution in [0.15, 0.2) is 54.6 Å². The molecule has 9 heteroatoms.